The summed E-state index contributed by atoms with van der Waals surface area (Å²) in [7, 11) is 0. The van der Waals surface area contributed by atoms with Crippen LogP contribution >= 0.6 is 11.6 Å². The minimum Gasteiger partial charge on any atom is -0.488 e. The van der Waals surface area contributed by atoms with Crippen molar-refractivity contribution in [2.24, 2.45) is 0 Å². The summed E-state index contributed by atoms with van der Waals surface area (Å²) in [5, 5.41) is 6.25. The summed E-state index contributed by atoms with van der Waals surface area (Å²) in [5.41, 5.74) is 2.45. The standard InChI is InChI=1S/C20H21ClN4O2/c1-20(7-8-20)27-13-5-6-16-14(10-13)19(15-11-17(21)23-12-22-15)24-25(16)18-4-2-3-9-26-18/h5-6,10-12,18H,2-4,7-9H2,1H3. The summed E-state index contributed by atoms with van der Waals surface area (Å²) < 4.78 is 14.1. The zero-order chi connectivity index (χ0) is 18.4. The van der Waals surface area contributed by atoms with Crippen LogP contribution in [0.5, 0.6) is 5.75 Å². The Morgan fingerprint density at radius 1 is 1.22 bits per heavy atom. The third-order valence-electron chi connectivity index (χ3n) is 5.30. The van der Waals surface area contributed by atoms with Gasteiger partial charge in [-0.2, -0.15) is 5.10 Å². The van der Waals surface area contributed by atoms with E-state index in [1.165, 1.54) is 6.33 Å². The fourth-order valence-corrected chi connectivity index (χ4v) is 3.68. The van der Waals surface area contributed by atoms with Crippen LogP contribution in [-0.4, -0.2) is 32.0 Å². The molecule has 1 saturated carbocycles. The molecule has 1 atom stereocenters. The second kappa shape index (κ2) is 6.46. The van der Waals surface area contributed by atoms with Crippen LogP contribution in [-0.2, 0) is 4.74 Å². The van der Waals surface area contributed by atoms with Gasteiger partial charge >= 0.3 is 0 Å². The largest absolute Gasteiger partial charge is 0.488 e. The molecule has 0 bridgehead atoms. The number of ether oxygens (including phenoxy) is 2. The van der Waals surface area contributed by atoms with Crippen molar-refractivity contribution in [1.29, 1.82) is 0 Å². The lowest BCUT2D eigenvalue weighted by Gasteiger charge is -2.23. The summed E-state index contributed by atoms with van der Waals surface area (Å²) >= 11 is 6.09. The van der Waals surface area contributed by atoms with Crippen LogP contribution in [0.4, 0.5) is 0 Å². The summed E-state index contributed by atoms with van der Waals surface area (Å²) in [5.74, 6) is 0.855. The Kier molecular flexibility index (Phi) is 4.06. The van der Waals surface area contributed by atoms with E-state index in [1.54, 1.807) is 6.07 Å². The van der Waals surface area contributed by atoms with E-state index in [9.17, 15) is 0 Å². The van der Waals surface area contributed by atoms with Crippen molar-refractivity contribution < 1.29 is 9.47 Å². The lowest BCUT2D eigenvalue weighted by Crippen LogP contribution is -2.19. The van der Waals surface area contributed by atoms with Crippen molar-refractivity contribution in [3.8, 4) is 17.1 Å². The highest BCUT2D eigenvalue weighted by Gasteiger charge is 2.40. The molecule has 7 heteroatoms. The molecule has 1 aromatic carbocycles. The molecule has 0 amide bonds. The van der Waals surface area contributed by atoms with Gasteiger partial charge < -0.3 is 9.47 Å². The molecule has 27 heavy (non-hydrogen) atoms. The Morgan fingerprint density at radius 3 is 2.85 bits per heavy atom. The lowest BCUT2D eigenvalue weighted by atomic mass is 10.1. The van der Waals surface area contributed by atoms with E-state index >= 15 is 0 Å². The van der Waals surface area contributed by atoms with Gasteiger partial charge in [0, 0.05) is 18.1 Å². The van der Waals surface area contributed by atoms with Crippen molar-refractivity contribution >= 4 is 22.5 Å². The minimum absolute atomic E-state index is 0.0332. The van der Waals surface area contributed by atoms with Crippen LogP contribution in [0.2, 0.25) is 5.15 Å². The van der Waals surface area contributed by atoms with E-state index in [2.05, 4.69) is 29.0 Å². The zero-order valence-electron chi connectivity index (χ0n) is 15.2. The Balaban J connectivity index is 1.64. The van der Waals surface area contributed by atoms with Gasteiger partial charge in [0.2, 0.25) is 0 Å². The molecular formula is C20H21ClN4O2. The van der Waals surface area contributed by atoms with Crippen LogP contribution < -0.4 is 4.74 Å². The Bertz CT molecular complexity index is 993. The summed E-state index contributed by atoms with van der Waals surface area (Å²) in [6.07, 6.45) is 6.78. The molecule has 3 heterocycles. The van der Waals surface area contributed by atoms with Gasteiger partial charge in [0.05, 0.1) is 11.2 Å². The van der Waals surface area contributed by atoms with Crippen molar-refractivity contribution in [1.82, 2.24) is 19.7 Å². The molecule has 1 unspecified atom stereocenters. The summed E-state index contributed by atoms with van der Waals surface area (Å²) in [6.45, 7) is 2.90. The van der Waals surface area contributed by atoms with E-state index in [1.807, 2.05) is 10.7 Å². The van der Waals surface area contributed by atoms with Crippen LogP contribution in [0.1, 0.15) is 45.3 Å². The van der Waals surface area contributed by atoms with Crippen molar-refractivity contribution in [2.75, 3.05) is 6.61 Å². The van der Waals surface area contributed by atoms with Crippen LogP contribution in [0.25, 0.3) is 22.3 Å². The van der Waals surface area contributed by atoms with Gasteiger partial charge in [0.15, 0.2) is 6.23 Å². The number of halogens is 1. The smallest absolute Gasteiger partial charge is 0.150 e. The maximum atomic E-state index is 6.16. The first-order valence-electron chi connectivity index (χ1n) is 9.42. The van der Waals surface area contributed by atoms with Gasteiger partial charge in [-0.1, -0.05) is 11.6 Å². The number of rotatable bonds is 4. The monoisotopic (exact) mass is 384 g/mol. The maximum absolute atomic E-state index is 6.16. The van der Waals surface area contributed by atoms with Gasteiger partial charge in [-0.3, -0.25) is 0 Å². The molecule has 5 rings (SSSR count). The minimum atomic E-state index is -0.0555. The number of benzene rings is 1. The van der Waals surface area contributed by atoms with E-state index in [0.29, 0.717) is 10.8 Å². The first kappa shape index (κ1) is 17.0. The molecule has 0 N–H and O–H groups in total. The molecule has 2 aliphatic rings. The molecule has 6 nitrogen and oxygen atoms in total. The highest BCUT2D eigenvalue weighted by molar-refractivity contribution is 6.29. The molecule has 140 valence electrons. The van der Waals surface area contributed by atoms with E-state index in [0.717, 1.165) is 61.1 Å². The SMILES string of the molecule is CC1(Oc2ccc3c(c2)c(-c2cc(Cl)ncn2)nn3C2CCCCO2)CC1. The second-order valence-corrected chi connectivity index (χ2v) is 7.96. The van der Waals surface area contributed by atoms with Gasteiger partial charge in [-0.25, -0.2) is 14.6 Å². The number of aromatic nitrogens is 4. The fourth-order valence-electron chi connectivity index (χ4n) is 3.53. The number of fused-ring (bicyclic) bond motifs is 1. The molecule has 2 fully saturated rings. The summed E-state index contributed by atoms with van der Waals surface area (Å²) in [6, 6.07) is 7.87. The van der Waals surface area contributed by atoms with Crippen LogP contribution in [0.15, 0.2) is 30.6 Å². The molecule has 0 radical (unpaired) electrons. The predicted molar refractivity (Wildman–Crippen MR) is 103 cm³/mol. The molecule has 2 aromatic heterocycles. The van der Waals surface area contributed by atoms with Gasteiger partial charge in [0.1, 0.15) is 28.5 Å². The Hall–Kier alpha value is -2.18. The summed E-state index contributed by atoms with van der Waals surface area (Å²) in [4.78, 5) is 8.37. The third kappa shape index (κ3) is 3.28. The van der Waals surface area contributed by atoms with E-state index < -0.39 is 0 Å². The molecular weight excluding hydrogens is 364 g/mol. The Morgan fingerprint density at radius 2 is 2.11 bits per heavy atom. The first-order chi connectivity index (χ1) is 13.1. The molecule has 1 aliphatic heterocycles. The van der Waals surface area contributed by atoms with Crippen LogP contribution in [0.3, 0.4) is 0 Å². The first-order valence-corrected chi connectivity index (χ1v) is 9.80. The number of nitrogens with zero attached hydrogens (tertiary/aromatic N) is 4. The molecule has 0 spiro atoms. The van der Waals surface area contributed by atoms with Crippen molar-refractivity contribution in [3.63, 3.8) is 0 Å². The topological polar surface area (TPSA) is 62.1 Å². The predicted octanol–water partition coefficient (Wildman–Crippen LogP) is 4.78. The third-order valence-corrected chi connectivity index (χ3v) is 5.51. The second-order valence-electron chi connectivity index (χ2n) is 7.57. The average molecular weight is 385 g/mol. The molecule has 1 aliphatic carbocycles. The molecule has 3 aromatic rings. The van der Waals surface area contributed by atoms with E-state index in [-0.39, 0.29) is 11.8 Å². The normalized spacial score (nSPS) is 21.3. The van der Waals surface area contributed by atoms with Gasteiger partial charge in [-0.05, 0) is 57.2 Å². The lowest BCUT2D eigenvalue weighted by molar-refractivity contribution is -0.0365. The highest BCUT2D eigenvalue weighted by atomic mass is 35.5. The quantitative estimate of drug-likeness (QED) is 0.606. The number of hydrogen-bond acceptors (Lipinski definition) is 5. The van der Waals surface area contributed by atoms with Crippen LogP contribution in [0, 0.1) is 0 Å². The van der Waals surface area contributed by atoms with Gasteiger partial charge in [-0.15, -0.1) is 0 Å². The van der Waals surface area contributed by atoms with E-state index in [4.69, 9.17) is 26.2 Å². The van der Waals surface area contributed by atoms with Crippen molar-refractivity contribution in [2.45, 2.75) is 50.9 Å². The van der Waals surface area contributed by atoms with Crippen molar-refractivity contribution in [3.05, 3.63) is 35.7 Å². The zero-order valence-corrected chi connectivity index (χ0v) is 15.9. The average Bonchev–Trinajstić information content (AvgIpc) is 3.28. The fraction of sp³-hybridized carbons (Fsp3) is 0.450. The maximum Gasteiger partial charge on any atom is 0.150 e. The Labute approximate surface area is 162 Å². The molecule has 1 saturated heterocycles. The number of hydrogen-bond donors (Lipinski definition) is 0. The van der Waals surface area contributed by atoms with Gasteiger partial charge in [0.25, 0.3) is 0 Å². The highest BCUT2D eigenvalue weighted by Crippen LogP contribution is 2.41.